The molecule has 0 saturated carbocycles. The van der Waals surface area contributed by atoms with Crippen LogP contribution in [0, 0.1) is 0 Å². The van der Waals surface area contributed by atoms with E-state index in [1.807, 2.05) is 4.98 Å². The van der Waals surface area contributed by atoms with Crippen LogP contribution in [-0.2, 0) is 4.74 Å². The van der Waals surface area contributed by atoms with Crippen LogP contribution in [0.3, 0.4) is 0 Å². The van der Waals surface area contributed by atoms with Gasteiger partial charge in [-0.05, 0) is 6.92 Å². The van der Waals surface area contributed by atoms with E-state index >= 15 is 0 Å². The lowest BCUT2D eigenvalue weighted by Crippen LogP contribution is -2.50. The summed E-state index contributed by atoms with van der Waals surface area (Å²) in [5.74, 6) is 0. The average molecular weight is 274 g/mol. The number of hydrogen-bond donors (Lipinski definition) is 3. The number of aliphatic hydroxyl groups excluding tert-OH is 2. The molecule has 19 heavy (non-hydrogen) atoms. The van der Waals surface area contributed by atoms with Gasteiger partial charge in [-0.2, -0.15) is 0 Å². The van der Waals surface area contributed by atoms with Crippen molar-refractivity contribution in [1.29, 1.82) is 0 Å². The van der Waals surface area contributed by atoms with E-state index in [-0.39, 0.29) is 0 Å². The van der Waals surface area contributed by atoms with Gasteiger partial charge in [-0.15, -0.1) is 0 Å². The molecule has 0 aliphatic rings. The lowest BCUT2D eigenvalue weighted by Gasteiger charge is -2.34. The Morgan fingerprint density at radius 3 is 2.68 bits per heavy atom. The Labute approximate surface area is 109 Å². The van der Waals surface area contributed by atoms with Crippen molar-refractivity contribution in [1.82, 2.24) is 9.55 Å². The molecule has 0 aliphatic carbocycles. The van der Waals surface area contributed by atoms with Gasteiger partial charge in [-0.1, -0.05) is 0 Å². The fourth-order valence-corrected chi connectivity index (χ4v) is 1.40. The lowest BCUT2D eigenvalue weighted by molar-refractivity contribution is -0.152. The predicted octanol–water partition coefficient (Wildman–Crippen LogP) is -2.28. The smallest absolute Gasteiger partial charge is 0.330 e. The molecule has 0 amide bonds. The number of rotatable bonds is 6. The van der Waals surface area contributed by atoms with Crippen LogP contribution in [0.4, 0.5) is 4.39 Å². The molecule has 0 aliphatic heterocycles. The number of nitrogens with zero attached hydrogens (tertiary/aromatic N) is 1. The molecular formula is C10H16BFN2O5. The number of ether oxygens (including phenoxy) is 1. The Morgan fingerprint density at radius 2 is 2.26 bits per heavy atom. The molecule has 0 radical (unpaired) electrons. The first-order chi connectivity index (χ1) is 8.84. The number of aromatic nitrogens is 2. The number of H-pyrrole nitrogens is 1. The largest absolute Gasteiger partial charge is 0.394 e. The molecule has 1 heterocycles. The van der Waals surface area contributed by atoms with Gasteiger partial charge >= 0.3 is 5.69 Å². The first-order valence-corrected chi connectivity index (χ1v) is 5.68. The minimum atomic E-state index is -1.42. The van der Waals surface area contributed by atoms with Crippen molar-refractivity contribution in [2.45, 2.75) is 24.8 Å². The topological polar surface area (TPSA) is 105 Å². The lowest BCUT2D eigenvalue weighted by atomic mass is 9.77. The minimum Gasteiger partial charge on any atom is -0.394 e. The quantitative estimate of drug-likeness (QED) is 0.507. The monoisotopic (exact) mass is 274 g/mol. The van der Waals surface area contributed by atoms with Crippen LogP contribution in [0.2, 0.25) is 0 Å². The maximum absolute atomic E-state index is 13.0. The maximum Gasteiger partial charge on any atom is 0.330 e. The molecule has 0 saturated heterocycles. The van der Waals surface area contributed by atoms with Crippen LogP contribution in [-0.4, -0.2) is 52.5 Å². The Morgan fingerprint density at radius 1 is 1.63 bits per heavy atom. The summed E-state index contributed by atoms with van der Waals surface area (Å²) in [6.07, 6.45) is -1.34. The van der Waals surface area contributed by atoms with Gasteiger partial charge in [0.2, 0.25) is 0 Å². The van der Waals surface area contributed by atoms with E-state index in [4.69, 9.17) is 4.74 Å². The van der Waals surface area contributed by atoms with Crippen molar-refractivity contribution in [3.63, 3.8) is 0 Å². The van der Waals surface area contributed by atoms with E-state index < -0.39 is 42.4 Å². The Bertz CT molecular complexity index is 531. The standard InChI is InChI=1S/C10H16BFN2O5/c1-6(16)10(11,5-15)19-8(4-12)14-3-2-7(17)13-9(14)18/h2-3,6,8,15-16H,4-5,11H2,1H3,(H,13,17,18)/t6-,8+,10+/m0/s1. The second-order valence-electron chi connectivity index (χ2n) is 4.39. The zero-order chi connectivity index (χ0) is 14.6. The molecule has 0 aromatic carbocycles. The van der Waals surface area contributed by atoms with E-state index in [1.165, 1.54) is 14.8 Å². The normalized spacial score (nSPS) is 17.7. The van der Waals surface area contributed by atoms with Crippen LogP contribution in [0.1, 0.15) is 13.2 Å². The molecule has 0 unspecified atom stereocenters. The molecule has 9 heteroatoms. The molecule has 3 N–H and O–H groups in total. The fraction of sp³-hybridized carbons (Fsp3) is 0.600. The van der Waals surface area contributed by atoms with E-state index in [1.54, 1.807) is 0 Å². The molecule has 0 fully saturated rings. The van der Waals surface area contributed by atoms with Crippen molar-refractivity contribution < 1.29 is 19.3 Å². The van der Waals surface area contributed by atoms with Crippen molar-refractivity contribution in [2.75, 3.05) is 13.3 Å². The Balaban J connectivity index is 3.08. The van der Waals surface area contributed by atoms with E-state index in [0.29, 0.717) is 0 Å². The first-order valence-electron chi connectivity index (χ1n) is 5.68. The van der Waals surface area contributed by atoms with Gasteiger partial charge < -0.3 is 14.9 Å². The van der Waals surface area contributed by atoms with Crippen molar-refractivity contribution in [3.05, 3.63) is 33.1 Å². The molecule has 1 aromatic rings. The summed E-state index contributed by atoms with van der Waals surface area (Å²) in [5.41, 5.74) is -2.87. The zero-order valence-electron chi connectivity index (χ0n) is 10.7. The SMILES string of the molecule is B[C@](CO)(O[C@H](CF)n1ccc(=O)[nH]c1=O)[C@H](C)O. The van der Waals surface area contributed by atoms with Gasteiger partial charge in [0.25, 0.3) is 5.56 Å². The summed E-state index contributed by atoms with van der Waals surface area (Å²) in [7, 11) is 1.39. The molecule has 3 atom stereocenters. The third-order valence-electron chi connectivity index (χ3n) is 2.90. The average Bonchev–Trinajstić information content (AvgIpc) is 2.36. The van der Waals surface area contributed by atoms with Crippen LogP contribution >= 0.6 is 0 Å². The number of aliphatic hydroxyl groups is 2. The van der Waals surface area contributed by atoms with E-state index in [2.05, 4.69) is 0 Å². The second-order valence-corrected chi connectivity index (χ2v) is 4.39. The summed E-state index contributed by atoms with van der Waals surface area (Å²) < 4.78 is 19.1. The Kier molecular flexibility index (Phi) is 5.04. The molecule has 1 aromatic heterocycles. The van der Waals surface area contributed by atoms with Gasteiger partial charge in [0, 0.05) is 12.3 Å². The molecule has 1 rings (SSSR count). The number of aromatic amines is 1. The highest BCUT2D eigenvalue weighted by atomic mass is 19.1. The highest BCUT2D eigenvalue weighted by Gasteiger charge is 2.34. The number of halogens is 1. The van der Waals surface area contributed by atoms with Crippen molar-refractivity contribution in [2.24, 2.45) is 0 Å². The van der Waals surface area contributed by atoms with E-state index in [0.717, 1.165) is 16.8 Å². The molecule has 0 spiro atoms. The van der Waals surface area contributed by atoms with Crippen LogP contribution < -0.4 is 11.2 Å². The zero-order valence-corrected chi connectivity index (χ0v) is 10.7. The van der Waals surface area contributed by atoms with Gasteiger partial charge in [0.05, 0.1) is 18.2 Å². The van der Waals surface area contributed by atoms with Gasteiger partial charge in [0.15, 0.2) is 6.23 Å². The fourth-order valence-electron chi connectivity index (χ4n) is 1.40. The van der Waals surface area contributed by atoms with E-state index in [9.17, 15) is 24.2 Å². The van der Waals surface area contributed by atoms with Crippen molar-refractivity contribution in [3.8, 4) is 0 Å². The predicted molar refractivity (Wildman–Crippen MR) is 67.5 cm³/mol. The molecule has 0 bridgehead atoms. The second kappa shape index (κ2) is 6.13. The summed E-state index contributed by atoms with van der Waals surface area (Å²) in [5, 5.41) is 18.7. The third-order valence-corrected chi connectivity index (χ3v) is 2.90. The van der Waals surface area contributed by atoms with Gasteiger partial charge in [-0.3, -0.25) is 14.3 Å². The Hall–Kier alpha value is -1.45. The highest BCUT2D eigenvalue weighted by Crippen LogP contribution is 2.19. The number of nitrogens with one attached hydrogen (secondary N) is 1. The third kappa shape index (κ3) is 3.52. The van der Waals surface area contributed by atoms with Crippen LogP contribution in [0.5, 0.6) is 0 Å². The number of alkyl halides is 1. The summed E-state index contributed by atoms with van der Waals surface area (Å²) in [6.45, 7) is -0.241. The van der Waals surface area contributed by atoms with Crippen LogP contribution in [0.15, 0.2) is 21.9 Å². The molecule has 106 valence electrons. The highest BCUT2D eigenvalue weighted by molar-refractivity contribution is 6.15. The van der Waals surface area contributed by atoms with Gasteiger partial charge in [0.1, 0.15) is 14.5 Å². The minimum absolute atomic E-state index is 0.556. The maximum atomic E-state index is 13.0. The summed E-state index contributed by atoms with van der Waals surface area (Å²) in [4.78, 5) is 24.4. The van der Waals surface area contributed by atoms with Crippen LogP contribution in [0.25, 0.3) is 0 Å². The number of hydrogen-bond acceptors (Lipinski definition) is 5. The molecular weight excluding hydrogens is 258 g/mol. The van der Waals surface area contributed by atoms with Crippen molar-refractivity contribution >= 4 is 7.85 Å². The molecule has 7 nitrogen and oxygen atoms in total. The van der Waals surface area contributed by atoms with Gasteiger partial charge in [-0.25, -0.2) is 9.18 Å². The summed E-state index contributed by atoms with van der Waals surface area (Å²) >= 11 is 0. The first kappa shape index (κ1) is 15.6. The summed E-state index contributed by atoms with van der Waals surface area (Å²) in [6, 6.07) is 1.05.